The van der Waals surface area contributed by atoms with Crippen LogP contribution in [-0.4, -0.2) is 0 Å². The van der Waals surface area contributed by atoms with Crippen LogP contribution in [0.15, 0.2) is 12.2 Å². The van der Waals surface area contributed by atoms with Crippen LogP contribution in [0.1, 0.15) is 38.5 Å². The van der Waals surface area contributed by atoms with E-state index in [1.807, 2.05) is 0 Å². The first-order valence-corrected chi connectivity index (χ1v) is 6.48. The first-order valence-electron chi connectivity index (χ1n) is 6.48. The fourth-order valence-electron chi connectivity index (χ4n) is 4.20. The number of hydrogen-bond donors (Lipinski definition) is 0. The van der Waals surface area contributed by atoms with Gasteiger partial charge in [-0.15, -0.1) is 0 Å². The van der Waals surface area contributed by atoms with E-state index in [9.17, 15) is 5.26 Å². The number of fused-ring (bicyclic) bond motifs is 2. The fourth-order valence-corrected chi connectivity index (χ4v) is 4.20. The molecule has 15 heavy (non-hydrogen) atoms. The van der Waals surface area contributed by atoms with Gasteiger partial charge in [0.05, 0.1) is 12.0 Å². The molecule has 3 rings (SSSR count). The second kappa shape index (κ2) is 3.67. The van der Waals surface area contributed by atoms with E-state index in [4.69, 9.17) is 0 Å². The molecule has 0 aliphatic heterocycles. The molecule has 0 heterocycles. The second-order valence-corrected chi connectivity index (χ2v) is 5.58. The molecule has 0 amide bonds. The summed E-state index contributed by atoms with van der Waals surface area (Å²) >= 11 is 0. The molecule has 80 valence electrons. The molecule has 2 bridgehead atoms. The molecule has 0 aromatic heterocycles. The lowest BCUT2D eigenvalue weighted by molar-refractivity contribution is 0.190. The smallest absolute Gasteiger partial charge is 0.0665 e. The maximum Gasteiger partial charge on any atom is 0.0665 e. The Labute approximate surface area is 92.2 Å². The molecule has 2 fully saturated rings. The number of hydrogen-bond acceptors (Lipinski definition) is 1. The van der Waals surface area contributed by atoms with Crippen molar-refractivity contribution in [2.75, 3.05) is 0 Å². The summed E-state index contributed by atoms with van der Waals surface area (Å²) in [4.78, 5) is 0. The van der Waals surface area contributed by atoms with Gasteiger partial charge in [-0.05, 0) is 30.1 Å². The average molecular weight is 201 g/mol. The predicted molar refractivity (Wildman–Crippen MR) is 59.9 cm³/mol. The molecular weight excluding hydrogens is 182 g/mol. The molecule has 3 aliphatic rings. The lowest BCUT2D eigenvalue weighted by atomic mass is 9.70. The summed E-state index contributed by atoms with van der Waals surface area (Å²) in [7, 11) is 0. The van der Waals surface area contributed by atoms with E-state index in [1.165, 1.54) is 38.5 Å². The Kier molecular flexibility index (Phi) is 2.31. The van der Waals surface area contributed by atoms with Crippen molar-refractivity contribution in [3.8, 4) is 6.07 Å². The molecule has 0 saturated heterocycles. The summed E-state index contributed by atoms with van der Waals surface area (Å²) in [6.45, 7) is 0. The predicted octanol–water partition coefficient (Wildman–Crippen LogP) is 3.53. The van der Waals surface area contributed by atoms with Gasteiger partial charge in [-0.2, -0.15) is 5.26 Å². The van der Waals surface area contributed by atoms with Gasteiger partial charge in [0.2, 0.25) is 0 Å². The Morgan fingerprint density at radius 3 is 2.47 bits per heavy atom. The van der Waals surface area contributed by atoms with Crippen molar-refractivity contribution >= 4 is 0 Å². The number of allylic oxidation sites excluding steroid dienone is 2. The highest BCUT2D eigenvalue weighted by Gasteiger charge is 2.47. The Hall–Kier alpha value is -0.770. The standard InChI is InChI=1S/C14H19N/c15-9-13-11-6-7-12(8-11)14(13)10-4-2-1-3-5-10/h6-7,10-14H,1-5,8H2. The van der Waals surface area contributed by atoms with Crippen molar-refractivity contribution < 1.29 is 0 Å². The van der Waals surface area contributed by atoms with Crippen LogP contribution in [-0.2, 0) is 0 Å². The van der Waals surface area contributed by atoms with Crippen LogP contribution in [0.5, 0.6) is 0 Å². The van der Waals surface area contributed by atoms with Crippen molar-refractivity contribution in [3.63, 3.8) is 0 Å². The largest absolute Gasteiger partial charge is 0.198 e. The summed E-state index contributed by atoms with van der Waals surface area (Å²) in [5.41, 5.74) is 0. The first-order chi connectivity index (χ1) is 7.40. The van der Waals surface area contributed by atoms with E-state index >= 15 is 0 Å². The van der Waals surface area contributed by atoms with Crippen LogP contribution in [0.3, 0.4) is 0 Å². The van der Waals surface area contributed by atoms with Gasteiger partial charge < -0.3 is 0 Å². The summed E-state index contributed by atoms with van der Waals surface area (Å²) in [5.74, 6) is 3.28. The van der Waals surface area contributed by atoms with Crippen LogP contribution >= 0.6 is 0 Å². The number of nitrogens with zero attached hydrogens (tertiary/aromatic N) is 1. The highest BCUT2D eigenvalue weighted by atomic mass is 14.5. The van der Waals surface area contributed by atoms with E-state index in [0.29, 0.717) is 17.8 Å². The van der Waals surface area contributed by atoms with E-state index in [1.54, 1.807) is 0 Å². The highest BCUT2D eigenvalue weighted by Crippen LogP contribution is 2.53. The van der Waals surface area contributed by atoms with Gasteiger partial charge in [0, 0.05) is 0 Å². The van der Waals surface area contributed by atoms with Crippen molar-refractivity contribution in [2.24, 2.45) is 29.6 Å². The van der Waals surface area contributed by atoms with Gasteiger partial charge in [-0.3, -0.25) is 0 Å². The Balaban J connectivity index is 1.79. The Morgan fingerprint density at radius 1 is 1.00 bits per heavy atom. The van der Waals surface area contributed by atoms with Crippen molar-refractivity contribution in [3.05, 3.63) is 12.2 Å². The molecule has 0 aromatic rings. The van der Waals surface area contributed by atoms with Gasteiger partial charge in [-0.25, -0.2) is 0 Å². The SMILES string of the molecule is N#CC1C2C=CC(C2)C1C1CCCCC1. The minimum Gasteiger partial charge on any atom is -0.198 e. The van der Waals surface area contributed by atoms with Crippen molar-refractivity contribution in [1.29, 1.82) is 5.26 Å². The molecule has 0 aromatic carbocycles. The third kappa shape index (κ3) is 1.42. The number of nitriles is 1. The molecule has 1 nitrogen and oxygen atoms in total. The molecule has 0 spiro atoms. The highest BCUT2D eigenvalue weighted by molar-refractivity contribution is 5.19. The van der Waals surface area contributed by atoms with E-state index < -0.39 is 0 Å². The van der Waals surface area contributed by atoms with Gasteiger partial charge >= 0.3 is 0 Å². The molecule has 0 N–H and O–H groups in total. The monoisotopic (exact) mass is 201 g/mol. The molecule has 4 unspecified atom stereocenters. The Morgan fingerprint density at radius 2 is 1.73 bits per heavy atom. The molecule has 2 saturated carbocycles. The quantitative estimate of drug-likeness (QED) is 0.595. The molecular formula is C14H19N. The van der Waals surface area contributed by atoms with Crippen LogP contribution in [0.2, 0.25) is 0 Å². The minimum absolute atomic E-state index is 0.350. The van der Waals surface area contributed by atoms with Crippen LogP contribution in [0.25, 0.3) is 0 Å². The topological polar surface area (TPSA) is 23.8 Å². The van der Waals surface area contributed by atoms with E-state index in [0.717, 1.165) is 11.8 Å². The van der Waals surface area contributed by atoms with Crippen molar-refractivity contribution in [2.45, 2.75) is 38.5 Å². The number of rotatable bonds is 1. The maximum absolute atomic E-state index is 9.31. The van der Waals surface area contributed by atoms with Crippen LogP contribution < -0.4 is 0 Å². The maximum atomic E-state index is 9.31. The van der Waals surface area contributed by atoms with Gasteiger partial charge in [-0.1, -0.05) is 44.3 Å². The van der Waals surface area contributed by atoms with E-state index in [2.05, 4.69) is 18.2 Å². The lowest BCUT2D eigenvalue weighted by Gasteiger charge is -2.33. The zero-order valence-corrected chi connectivity index (χ0v) is 9.23. The summed E-state index contributed by atoms with van der Waals surface area (Å²) in [5, 5.41) is 9.31. The Bertz CT molecular complexity index is 306. The first kappa shape index (κ1) is 9.46. The average Bonchev–Trinajstić information content (AvgIpc) is 2.89. The van der Waals surface area contributed by atoms with Crippen LogP contribution in [0, 0.1) is 40.9 Å². The second-order valence-electron chi connectivity index (χ2n) is 5.58. The third-order valence-electron chi connectivity index (χ3n) is 4.86. The molecule has 1 heteroatoms. The van der Waals surface area contributed by atoms with Gasteiger partial charge in [0.15, 0.2) is 0 Å². The zero-order chi connectivity index (χ0) is 10.3. The van der Waals surface area contributed by atoms with E-state index in [-0.39, 0.29) is 0 Å². The molecule has 0 radical (unpaired) electrons. The molecule has 3 aliphatic carbocycles. The fraction of sp³-hybridized carbons (Fsp3) is 0.786. The van der Waals surface area contributed by atoms with Gasteiger partial charge in [0.25, 0.3) is 0 Å². The lowest BCUT2D eigenvalue weighted by Crippen LogP contribution is -2.28. The zero-order valence-electron chi connectivity index (χ0n) is 9.23. The summed E-state index contributed by atoms with van der Waals surface area (Å²) in [6, 6.07) is 2.59. The summed E-state index contributed by atoms with van der Waals surface area (Å²) < 4.78 is 0. The normalized spacial score (nSPS) is 44.5. The van der Waals surface area contributed by atoms with Crippen molar-refractivity contribution in [1.82, 2.24) is 0 Å². The van der Waals surface area contributed by atoms with Gasteiger partial charge in [0.1, 0.15) is 0 Å². The third-order valence-corrected chi connectivity index (χ3v) is 4.86. The minimum atomic E-state index is 0.350. The van der Waals surface area contributed by atoms with Crippen LogP contribution in [0.4, 0.5) is 0 Å². The molecule has 4 atom stereocenters. The summed E-state index contributed by atoms with van der Waals surface area (Å²) in [6.07, 6.45) is 13.0.